The van der Waals surface area contributed by atoms with Crippen LogP contribution in [-0.4, -0.2) is 49.0 Å². The second-order valence-corrected chi connectivity index (χ2v) is 8.89. The zero-order valence-corrected chi connectivity index (χ0v) is 18.4. The van der Waals surface area contributed by atoms with E-state index >= 15 is 0 Å². The van der Waals surface area contributed by atoms with Crippen LogP contribution in [0.3, 0.4) is 0 Å². The minimum atomic E-state index is -0.0472. The van der Waals surface area contributed by atoms with Gasteiger partial charge in [-0.1, -0.05) is 0 Å². The molecule has 164 valence electrons. The highest BCUT2D eigenvalue weighted by Crippen LogP contribution is 2.42. The third kappa shape index (κ3) is 3.24. The fourth-order valence-corrected chi connectivity index (χ4v) is 4.17. The molecule has 1 aliphatic heterocycles. The Labute approximate surface area is 185 Å². The molecule has 0 saturated heterocycles. The van der Waals surface area contributed by atoms with Gasteiger partial charge in [-0.25, -0.2) is 4.98 Å². The summed E-state index contributed by atoms with van der Waals surface area (Å²) in [5.74, 6) is 1.70. The normalized spacial score (nSPS) is 16.8. The lowest BCUT2D eigenvalue weighted by Gasteiger charge is -2.29. The van der Waals surface area contributed by atoms with Crippen LogP contribution < -0.4 is 14.4 Å². The van der Waals surface area contributed by atoms with Crippen molar-refractivity contribution in [3.05, 3.63) is 42.0 Å². The van der Waals surface area contributed by atoms with Gasteiger partial charge in [0.25, 0.3) is 0 Å². The Bertz CT molecular complexity index is 1320. The Hall–Kier alpha value is -3.62. The van der Waals surface area contributed by atoms with Crippen LogP contribution >= 0.6 is 0 Å². The number of hydrogen-bond acceptors (Lipinski definition) is 7. The number of rotatable bonds is 5. The predicted octanol–water partition coefficient (Wildman–Crippen LogP) is 3.48. The number of aromatic amines is 1. The molecular formula is C23H25N7O2. The number of imidazole rings is 1. The van der Waals surface area contributed by atoms with E-state index in [9.17, 15) is 0 Å². The van der Waals surface area contributed by atoms with Crippen molar-refractivity contribution in [3.8, 4) is 23.1 Å². The fourth-order valence-electron chi connectivity index (χ4n) is 4.17. The zero-order valence-electron chi connectivity index (χ0n) is 18.4. The van der Waals surface area contributed by atoms with Gasteiger partial charge in [-0.3, -0.25) is 5.10 Å². The lowest BCUT2D eigenvalue weighted by atomic mass is 10.1. The molecule has 9 heteroatoms. The van der Waals surface area contributed by atoms with Crippen molar-refractivity contribution < 1.29 is 9.47 Å². The molecule has 32 heavy (non-hydrogen) atoms. The Kier molecular flexibility index (Phi) is 4.14. The SMILES string of the molecule is COc1nc(-c2n[nH]c3cc(C)c(OC4(C)CC4)cc23)cc(N2CCn3cncc3C2)n1. The highest BCUT2D eigenvalue weighted by molar-refractivity contribution is 5.94. The highest BCUT2D eigenvalue weighted by atomic mass is 16.5. The van der Waals surface area contributed by atoms with Gasteiger partial charge in [-0.05, 0) is 44.4 Å². The van der Waals surface area contributed by atoms with E-state index in [1.165, 1.54) is 0 Å². The van der Waals surface area contributed by atoms with Crippen molar-refractivity contribution in [1.82, 2.24) is 29.7 Å². The summed E-state index contributed by atoms with van der Waals surface area (Å²) in [5, 5.41) is 8.71. The number of anilines is 1. The van der Waals surface area contributed by atoms with E-state index in [2.05, 4.69) is 60.6 Å². The predicted molar refractivity (Wildman–Crippen MR) is 120 cm³/mol. The molecule has 3 aromatic heterocycles. The molecule has 1 saturated carbocycles. The molecule has 4 aromatic rings. The number of fused-ring (bicyclic) bond motifs is 2. The first kappa shape index (κ1) is 19.1. The smallest absolute Gasteiger partial charge is 0.318 e. The zero-order chi connectivity index (χ0) is 21.9. The van der Waals surface area contributed by atoms with Crippen LogP contribution in [0.4, 0.5) is 5.82 Å². The number of aromatic nitrogens is 6. The summed E-state index contributed by atoms with van der Waals surface area (Å²) in [6.07, 6.45) is 5.95. The van der Waals surface area contributed by atoms with E-state index in [1.807, 2.05) is 18.6 Å². The number of nitrogens with one attached hydrogen (secondary N) is 1. The summed E-state index contributed by atoms with van der Waals surface area (Å²) in [4.78, 5) is 15.7. The number of hydrogen-bond donors (Lipinski definition) is 1. The quantitative estimate of drug-likeness (QED) is 0.517. The number of methoxy groups -OCH3 is 1. The van der Waals surface area contributed by atoms with E-state index in [0.29, 0.717) is 11.7 Å². The van der Waals surface area contributed by atoms with Crippen molar-refractivity contribution >= 4 is 16.7 Å². The summed E-state index contributed by atoms with van der Waals surface area (Å²) in [5.41, 5.74) is 4.62. The lowest BCUT2D eigenvalue weighted by molar-refractivity contribution is 0.199. The molecule has 0 atom stereocenters. The van der Waals surface area contributed by atoms with Gasteiger partial charge in [-0.2, -0.15) is 15.1 Å². The Balaban J connectivity index is 1.41. The van der Waals surface area contributed by atoms with Crippen LogP contribution in [0.25, 0.3) is 22.3 Å². The number of nitrogens with zero attached hydrogens (tertiary/aromatic N) is 6. The third-order valence-corrected chi connectivity index (χ3v) is 6.37. The summed E-state index contributed by atoms with van der Waals surface area (Å²) in [6.45, 7) is 6.64. The first-order chi connectivity index (χ1) is 15.5. The lowest BCUT2D eigenvalue weighted by Crippen LogP contribution is -2.33. The molecule has 1 fully saturated rings. The second-order valence-electron chi connectivity index (χ2n) is 8.89. The molecule has 0 amide bonds. The number of ether oxygens (including phenoxy) is 2. The summed E-state index contributed by atoms with van der Waals surface area (Å²) >= 11 is 0. The molecule has 0 unspecified atom stereocenters. The van der Waals surface area contributed by atoms with Crippen molar-refractivity contribution in [2.75, 3.05) is 18.6 Å². The maximum absolute atomic E-state index is 6.29. The van der Waals surface area contributed by atoms with Crippen LogP contribution in [0.15, 0.2) is 30.7 Å². The average molecular weight is 432 g/mol. The standard InChI is InChI=1S/C23H25N7O2/c1-14-8-17-16(9-19(14)32-23(2)4-5-23)21(28-27-17)18-10-20(26-22(25-18)31-3)29-6-7-30-13-24-11-15(30)12-29/h8-11,13H,4-7,12H2,1-3H3,(H,27,28). The summed E-state index contributed by atoms with van der Waals surface area (Å²) in [7, 11) is 1.59. The van der Waals surface area contributed by atoms with Crippen LogP contribution in [0, 0.1) is 6.92 Å². The van der Waals surface area contributed by atoms with Crippen LogP contribution in [-0.2, 0) is 13.1 Å². The fraction of sp³-hybridized carbons (Fsp3) is 0.391. The largest absolute Gasteiger partial charge is 0.487 e. The molecule has 0 bridgehead atoms. The molecule has 9 nitrogen and oxygen atoms in total. The molecule has 1 aliphatic carbocycles. The molecule has 1 aromatic carbocycles. The molecule has 6 rings (SSSR count). The maximum atomic E-state index is 6.29. The van der Waals surface area contributed by atoms with E-state index in [1.54, 1.807) is 7.11 Å². The number of aryl methyl sites for hydroxylation is 1. The maximum Gasteiger partial charge on any atom is 0.318 e. The van der Waals surface area contributed by atoms with Crippen molar-refractivity contribution in [2.24, 2.45) is 0 Å². The first-order valence-corrected chi connectivity index (χ1v) is 10.9. The average Bonchev–Trinajstić information content (AvgIpc) is 3.18. The monoisotopic (exact) mass is 431 g/mol. The topological polar surface area (TPSA) is 94.0 Å². The molecule has 2 aliphatic rings. The van der Waals surface area contributed by atoms with Gasteiger partial charge < -0.3 is 18.9 Å². The van der Waals surface area contributed by atoms with E-state index in [4.69, 9.17) is 9.47 Å². The van der Waals surface area contributed by atoms with Crippen LogP contribution in [0.5, 0.6) is 11.8 Å². The van der Waals surface area contributed by atoms with E-state index in [-0.39, 0.29) is 5.60 Å². The summed E-state index contributed by atoms with van der Waals surface area (Å²) in [6, 6.07) is 6.45. The first-order valence-electron chi connectivity index (χ1n) is 10.9. The summed E-state index contributed by atoms with van der Waals surface area (Å²) < 4.78 is 13.9. The molecule has 0 spiro atoms. The highest BCUT2D eigenvalue weighted by Gasteiger charge is 2.40. The second kappa shape index (κ2) is 6.94. The Morgan fingerprint density at radius 1 is 1.12 bits per heavy atom. The van der Waals surface area contributed by atoms with Crippen LogP contribution in [0.2, 0.25) is 0 Å². The van der Waals surface area contributed by atoms with Gasteiger partial charge in [0.2, 0.25) is 0 Å². The number of benzene rings is 1. The van der Waals surface area contributed by atoms with E-state index in [0.717, 1.165) is 71.9 Å². The van der Waals surface area contributed by atoms with Gasteiger partial charge in [0.05, 0.1) is 31.2 Å². The van der Waals surface area contributed by atoms with Crippen LogP contribution in [0.1, 0.15) is 31.0 Å². The minimum Gasteiger partial charge on any atom is -0.487 e. The number of H-pyrrole nitrogens is 1. The molecule has 1 N–H and O–H groups in total. The van der Waals surface area contributed by atoms with Crippen molar-refractivity contribution in [2.45, 2.75) is 45.4 Å². The molecular weight excluding hydrogens is 406 g/mol. The van der Waals surface area contributed by atoms with Crippen molar-refractivity contribution in [1.29, 1.82) is 0 Å². The molecule has 0 radical (unpaired) electrons. The Morgan fingerprint density at radius 3 is 2.81 bits per heavy atom. The van der Waals surface area contributed by atoms with Gasteiger partial charge in [0.15, 0.2) is 0 Å². The van der Waals surface area contributed by atoms with Gasteiger partial charge in [-0.15, -0.1) is 0 Å². The van der Waals surface area contributed by atoms with Gasteiger partial charge in [0, 0.05) is 30.7 Å². The third-order valence-electron chi connectivity index (χ3n) is 6.37. The van der Waals surface area contributed by atoms with Gasteiger partial charge in [0.1, 0.15) is 28.6 Å². The van der Waals surface area contributed by atoms with E-state index < -0.39 is 0 Å². The van der Waals surface area contributed by atoms with Crippen molar-refractivity contribution in [3.63, 3.8) is 0 Å². The minimum absolute atomic E-state index is 0.0472. The Morgan fingerprint density at radius 2 is 2.00 bits per heavy atom. The van der Waals surface area contributed by atoms with Gasteiger partial charge >= 0.3 is 6.01 Å². The molecule has 4 heterocycles.